The Bertz CT molecular complexity index is 606. The zero-order valence-electron chi connectivity index (χ0n) is 11.7. The molecule has 1 amide bonds. The van der Waals surface area contributed by atoms with Crippen LogP contribution in [0.3, 0.4) is 0 Å². The van der Waals surface area contributed by atoms with E-state index in [4.69, 9.17) is 5.84 Å². The molecule has 108 valence electrons. The number of aromatic nitrogens is 1. The Hall–Kier alpha value is -1.33. The number of benzene rings is 1. The van der Waals surface area contributed by atoms with Gasteiger partial charge in [-0.1, -0.05) is 24.6 Å². The number of hydrogen-bond donors (Lipinski definition) is 2. The number of aryl methyl sites for hydroxylation is 1. The number of halogens is 1. The van der Waals surface area contributed by atoms with Gasteiger partial charge in [0.05, 0.1) is 0 Å². The molecule has 1 aromatic carbocycles. The van der Waals surface area contributed by atoms with Gasteiger partial charge < -0.3 is 4.57 Å². The zero-order chi connectivity index (χ0) is 14.5. The molecule has 0 saturated heterocycles. The molecule has 5 heteroatoms. The number of carbonyl (C=O) groups is 1. The summed E-state index contributed by atoms with van der Waals surface area (Å²) in [7, 11) is 0. The molecule has 1 heterocycles. The Kier molecular flexibility index (Phi) is 5.20. The summed E-state index contributed by atoms with van der Waals surface area (Å²) in [5.74, 6) is 4.97. The minimum Gasteiger partial charge on any atom is -0.344 e. The maximum Gasteiger partial charge on any atom is 0.233 e. The first-order valence-electron chi connectivity index (χ1n) is 6.88. The van der Waals surface area contributed by atoms with Gasteiger partial charge in [0, 0.05) is 34.0 Å². The van der Waals surface area contributed by atoms with E-state index in [1.54, 1.807) is 0 Å². The lowest BCUT2D eigenvalue weighted by Gasteiger charge is -2.08. The monoisotopic (exact) mass is 337 g/mol. The second-order valence-corrected chi connectivity index (χ2v) is 5.74. The van der Waals surface area contributed by atoms with Crippen molar-refractivity contribution in [2.45, 2.75) is 39.2 Å². The summed E-state index contributed by atoms with van der Waals surface area (Å²) in [5.41, 5.74) is 4.68. The molecule has 0 aliphatic carbocycles. The third-order valence-corrected chi connectivity index (χ3v) is 4.60. The number of hydrazine groups is 1. The van der Waals surface area contributed by atoms with Crippen molar-refractivity contribution in [3.63, 3.8) is 0 Å². The summed E-state index contributed by atoms with van der Waals surface area (Å²) in [6.07, 6.45) is 3.47. The van der Waals surface area contributed by atoms with Gasteiger partial charge in [-0.05, 0) is 41.8 Å². The largest absolute Gasteiger partial charge is 0.344 e. The van der Waals surface area contributed by atoms with E-state index in [1.165, 1.54) is 21.1 Å². The molecule has 4 nitrogen and oxygen atoms in total. The lowest BCUT2D eigenvalue weighted by molar-refractivity contribution is -0.121. The Morgan fingerprint density at radius 3 is 2.80 bits per heavy atom. The van der Waals surface area contributed by atoms with Crippen molar-refractivity contribution in [1.29, 1.82) is 0 Å². The van der Waals surface area contributed by atoms with Crippen molar-refractivity contribution in [3.05, 3.63) is 34.4 Å². The average molecular weight is 338 g/mol. The van der Waals surface area contributed by atoms with Crippen LogP contribution in [0.25, 0.3) is 10.9 Å². The predicted molar refractivity (Wildman–Crippen MR) is 85.2 cm³/mol. The van der Waals surface area contributed by atoms with Crippen LogP contribution < -0.4 is 11.3 Å². The highest BCUT2D eigenvalue weighted by Gasteiger charge is 2.10. The molecule has 0 atom stereocenters. The first kappa shape index (κ1) is 15.1. The number of amides is 1. The molecule has 2 aromatic rings. The first-order valence-corrected chi connectivity index (χ1v) is 7.67. The third-order valence-electron chi connectivity index (χ3n) is 3.60. The van der Waals surface area contributed by atoms with E-state index in [-0.39, 0.29) is 5.91 Å². The minimum absolute atomic E-state index is 0.0876. The topological polar surface area (TPSA) is 60.0 Å². The van der Waals surface area contributed by atoms with E-state index in [0.29, 0.717) is 6.42 Å². The predicted octanol–water partition coefficient (Wildman–Crippen LogP) is 3.26. The summed E-state index contributed by atoms with van der Waals surface area (Å²) >= 11 is 3.67. The number of unbranched alkanes of at least 4 members (excludes halogenated alkanes) is 2. The van der Waals surface area contributed by atoms with Crippen LogP contribution in [-0.4, -0.2) is 10.5 Å². The molecule has 0 bridgehead atoms. The average Bonchev–Trinajstić information content (AvgIpc) is 2.71. The van der Waals surface area contributed by atoms with E-state index >= 15 is 0 Å². The molecule has 1 aromatic heterocycles. The molecule has 0 unspecified atom stereocenters. The van der Waals surface area contributed by atoms with Crippen molar-refractivity contribution in [1.82, 2.24) is 9.99 Å². The van der Waals surface area contributed by atoms with Crippen molar-refractivity contribution in [2.75, 3.05) is 0 Å². The molecule has 0 fully saturated rings. The summed E-state index contributed by atoms with van der Waals surface area (Å²) in [6.45, 7) is 3.11. The SMILES string of the molecule is Cc1c(Br)c2ccccc2n1CCCCCC(=O)NN. The van der Waals surface area contributed by atoms with Gasteiger partial charge in [0.2, 0.25) is 5.91 Å². The molecular formula is C15H20BrN3O. The van der Waals surface area contributed by atoms with Crippen LogP contribution in [0.4, 0.5) is 0 Å². The summed E-state index contributed by atoms with van der Waals surface area (Å²) < 4.78 is 3.51. The highest BCUT2D eigenvalue weighted by Crippen LogP contribution is 2.30. The number of fused-ring (bicyclic) bond motifs is 1. The second kappa shape index (κ2) is 6.90. The van der Waals surface area contributed by atoms with Crippen LogP contribution in [0.15, 0.2) is 28.7 Å². The molecule has 2 rings (SSSR count). The van der Waals surface area contributed by atoms with Crippen LogP contribution in [0.2, 0.25) is 0 Å². The molecule has 0 saturated carbocycles. The summed E-state index contributed by atoms with van der Waals surface area (Å²) in [4.78, 5) is 11.0. The Labute approximate surface area is 127 Å². The number of hydrogen-bond acceptors (Lipinski definition) is 2. The van der Waals surface area contributed by atoms with Crippen LogP contribution in [0, 0.1) is 6.92 Å². The van der Waals surface area contributed by atoms with Gasteiger partial charge in [-0.25, -0.2) is 5.84 Å². The number of nitrogens with one attached hydrogen (secondary N) is 1. The fourth-order valence-corrected chi connectivity index (χ4v) is 3.03. The van der Waals surface area contributed by atoms with Crippen molar-refractivity contribution in [2.24, 2.45) is 5.84 Å². The van der Waals surface area contributed by atoms with Crippen molar-refractivity contribution < 1.29 is 4.79 Å². The van der Waals surface area contributed by atoms with Crippen LogP contribution in [0.1, 0.15) is 31.4 Å². The molecule has 3 N–H and O–H groups in total. The fraction of sp³-hybridized carbons (Fsp3) is 0.400. The van der Waals surface area contributed by atoms with E-state index in [0.717, 1.165) is 25.8 Å². The standard InChI is InChI=1S/C15H20BrN3O/c1-11-15(16)12-7-4-5-8-13(12)19(11)10-6-2-3-9-14(20)18-17/h4-5,7-8H,2-3,6,9-10,17H2,1H3,(H,18,20). The first-order chi connectivity index (χ1) is 9.65. The van der Waals surface area contributed by atoms with Crippen LogP contribution in [-0.2, 0) is 11.3 Å². The van der Waals surface area contributed by atoms with E-state index in [9.17, 15) is 4.79 Å². The molecule has 0 aliphatic heterocycles. The maximum absolute atomic E-state index is 11.0. The van der Waals surface area contributed by atoms with Crippen molar-refractivity contribution in [3.8, 4) is 0 Å². The zero-order valence-corrected chi connectivity index (χ0v) is 13.2. The van der Waals surface area contributed by atoms with Crippen molar-refractivity contribution >= 4 is 32.7 Å². The Morgan fingerprint density at radius 2 is 2.05 bits per heavy atom. The molecular weight excluding hydrogens is 318 g/mol. The molecule has 0 aliphatic rings. The number of nitrogens with zero attached hydrogens (tertiary/aromatic N) is 1. The smallest absolute Gasteiger partial charge is 0.233 e. The second-order valence-electron chi connectivity index (χ2n) is 4.95. The van der Waals surface area contributed by atoms with Crippen LogP contribution in [0.5, 0.6) is 0 Å². The summed E-state index contributed by atoms with van der Waals surface area (Å²) in [5, 5.41) is 1.26. The van der Waals surface area contributed by atoms with Gasteiger partial charge in [0.1, 0.15) is 0 Å². The molecule has 0 radical (unpaired) electrons. The van der Waals surface area contributed by atoms with Gasteiger partial charge >= 0.3 is 0 Å². The molecule has 20 heavy (non-hydrogen) atoms. The fourth-order valence-electron chi connectivity index (χ4n) is 2.48. The van der Waals surface area contributed by atoms with E-state index < -0.39 is 0 Å². The lowest BCUT2D eigenvalue weighted by atomic mass is 10.2. The minimum atomic E-state index is -0.0876. The van der Waals surface area contributed by atoms with Gasteiger partial charge in [0.25, 0.3) is 0 Å². The van der Waals surface area contributed by atoms with Gasteiger partial charge in [-0.3, -0.25) is 10.2 Å². The lowest BCUT2D eigenvalue weighted by Crippen LogP contribution is -2.29. The maximum atomic E-state index is 11.0. The number of para-hydroxylation sites is 1. The quantitative estimate of drug-likeness (QED) is 0.368. The van der Waals surface area contributed by atoms with E-state index in [1.807, 2.05) is 0 Å². The van der Waals surface area contributed by atoms with Gasteiger partial charge in [-0.2, -0.15) is 0 Å². The number of rotatable bonds is 6. The molecule has 0 spiro atoms. The van der Waals surface area contributed by atoms with Gasteiger partial charge in [-0.15, -0.1) is 0 Å². The number of nitrogens with two attached hydrogens (primary N) is 1. The summed E-state index contributed by atoms with van der Waals surface area (Å²) in [6, 6.07) is 8.40. The highest BCUT2D eigenvalue weighted by atomic mass is 79.9. The number of carbonyl (C=O) groups excluding carboxylic acids is 1. The highest BCUT2D eigenvalue weighted by molar-refractivity contribution is 9.10. The third kappa shape index (κ3) is 3.22. The van der Waals surface area contributed by atoms with E-state index in [2.05, 4.69) is 57.1 Å². The Morgan fingerprint density at radius 1 is 1.30 bits per heavy atom. The normalized spacial score (nSPS) is 10.9. The Balaban J connectivity index is 1.97. The van der Waals surface area contributed by atoms with Gasteiger partial charge in [0.15, 0.2) is 0 Å². The van der Waals surface area contributed by atoms with Crippen LogP contribution >= 0.6 is 15.9 Å².